The highest BCUT2D eigenvalue weighted by atomic mass is 35.5. The standard InChI is InChI=1S/C16H26ClN3/c1-5-16(6-2)7-9-20(10-8-16)14-11-13(17)18-15(19-14)12(3)4/h11-12H,5-10H2,1-4H3. The minimum absolute atomic E-state index is 0.308. The lowest BCUT2D eigenvalue weighted by Crippen LogP contribution is -2.40. The Balaban J connectivity index is 2.14. The topological polar surface area (TPSA) is 29.0 Å². The Kier molecular flexibility index (Phi) is 4.90. The number of hydrogen-bond donors (Lipinski definition) is 0. The zero-order valence-electron chi connectivity index (χ0n) is 13.1. The molecule has 20 heavy (non-hydrogen) atoms. The molecule has 0 N–H and O–H groups in total. The van der Waals surface area contributed by atoms with Crippen LogP contribution in [-0.2, 0) is 0 Å². The van der Waals surface area contributed by atoms with Crippen LogP contribution in [0.15, 0.2) is 6.07 Å². The Hall–Kier alpha value is -0.830. The number of nitrogens with zero attached hydrogens (tertiary/aromatic N) is 3. The van der Waals surface area contributed by atoms with Gasteiger partial charge in [-0.05, 0) is 18.3 Å². The number of hydrogen-bond acceptors (Lipinski definition) is 3. The summed E-state index contributed by atoms with van der Waals surface area (Å²) in [6, 6.07) is 1.90. The van der Waals surface area contributed by atoms with Gasteiger partial charge >= 0.3 is 0 Å². The summed E-state index contributed by atoms with van der Waals surface area (Å²) >= 11 is 6.15. The minimum Gasteiger partial charge on any atom is -0.356 e. The van der Waals surface area contributed by atoms with E-state index in [-0.39, 0.29) is 0 Å². The Morgan fingerprint density at radius 2 is 1.80 bits per heavy atom. The molecular weight excluding hydrogens is 270 g/mol. The quantitative estimate of drug-likeness (QED) is 0.757. The van der Waals surface area contributed by atoms with E-state index in [4.69, 9.17) is 11.6 Å². The Labute approximate surface area is 127 Å². The zero-order valence-corrected chi connectivity index (χ0v) is 13.9. The number of piperidine rings is 1. The van der Waals surface area contributed by atoms with Gasteiger partial charge in [-0.15, -0.1) is 0 Å². The number of anilines is 1. The fourth-order valence-corrected chi connectivity index (χ4v) is 3.19. The van der Waals surface area contributed by atoms with Gasteiger partial charge in [0.1, 0.15) is 16.8 Å². The number of rotatable bonds is 4. The molecule has 0 saturated carbocycles. The molecule has 112 valence electrons. The van der Waals surface area contributed by atoms with Crippen LogP contribution in [0, 0.1) is 5.41 Å². The summed E-state index contributed by atoms with van der Waals surface area (Å²) in [5, 5.41) is 0.557. The predicted molar refractivity (Wildman–Crippen MR) is 85.6 cm³/mol. The van der Waals surface area contributed by atoms with E-state index in [0.29, 0.717) is 16.5 Å². The first kappa shape index (κ1) is 15.6. The van der Waals surface area contributed by atoms with Crippen molar-refractivity contribution in [3.63, 3.8) is 0 Å². The molecule has 0 unspecified atom stereocenters. The highest BCUT2D eigenvalue weighted by Gasteiger charge is 2.31. The summed E-state index contributed by atoms with van der Waals surface area (Å²) in [6.45, 7) is 11.0. The molecule has 0 amide bonds. The molecule has 1 aromatic heterocycles. The Morgan fingerprint density at radius 3 is 2.30 bits per heavy atom. The van der Waals surface area contributed by atoms with Gasteiger partial charge in [-0.1, -0.05) is 52.1 Å². The first-order chi connectivity index (χ1) is 9.49. The average Bonchev–Trinajstić information content (AvgIpc) is 2.46. The van der Waals surface area contributed by atoms with Gasteiger partial charge in [0.25, 0.3) is 0 Å². The lowest BCUT2D eigenvalue weighted by molar-refractivity contribution is 0.199. The monoisotopic (exact) mass is 295 g/mol. The van der Waals surface area contributed by atoms with Crippen LogP contribution in [0.5, 0.6) is 0 Å². The normalized spacial score (nSPS) is 18.6. The summed E-state index contributed by atoms with van der Waals surface area (Å²) in [5.41, 5.74) is 0.536. The summed E-state index contributed by atoms with van der Waals surface area (Å²) in [6.07, 6.45) is 5.05. The van der Waals surface area contributed by atoms with Crippen LogP contribution >= 0.6 is 11.6 Å². The van der Waals surface area contributed by atoms with E-state index in [2.05, 4.69) is 42.6 Å². The van der Waals surface area contributed by atoms with E-state index in [1.54, 1.807) is 0 Å². The lowest BCUT2D eigenvalue weighted by atomic mass is 9.74. The van der Waals surface area contributed by atoms with E-state index in [1.807, 2.05) is 6.07 Å². The second kappa shape index (κ2) is 6.30. The van der Waals surface area contributed by atoms with Crippen molar-refractivity contribution in [3.8, 4) is 0 Å². The molecule has 0 aliphatic carbocycles. The first-order valence-corrected chi connectivity index (χ1v) is 8.17. The molecule has 3 nitrogen and oxygen atoms in total. The second-order valence-corrected chi connectivity index (χ2v) is 6.64. The molecule has 4 heteroatoms. The third kappa shape index (κ3) is 3.25. The second-order valence-electron chi connectivity index (χ2n) is 6.26. The molecule has 0 radical (unpaired) electrons. The molecule has 2 heterocycles. The van der Waals surface area contributed by atoms with E-state index in [1.165, 1.54) is 25.7 Å². The molecule has 1 aliphatic rings. The lowest BCUT2D eigenvalue weighted by Gasteiger charge is -2.41. The summed E-state index contributed by atoms with van der Waals surface area (Å²) < 4.78 is 0. The molecule has 0 atom stereocenters. The van der Waals surface area contributed by atoms with Crippen molar-refractivity contribution in [2.75, 3.05) is 18.0 Å². The molecule has 1 aliphatic heterocycles. The predicted octanol–water partition coefficient (Wildman–Crippen LogP) is 4.66. The molecule has 0 aromatic carbocycles. The summed E-state index contributed by atoms with van der Waals surface area (Å²) in [7, 11) is 0. The van der Waals surface area contributed by atoms with Crippen molar-refractivity contribution < 1.29 is 0 Å². The highest BCUT2D eigenvalue weighted by Crippen LogP contribution is 2.39. The van der Waals surface area contributed by atoms with E-state index >= 15 is 0 Å². The Morgan fingerprint density at radius 1 is 1.20 bits per heavy atom. The Bertz CT molecular complexity index is 445. The maximum Gasteiger partial charge on any atom is 0.135 e. The summed E-state index contributed by atoms with van der Waals surface area (Å²) in [5.74, 6) is 2.15. The largest absolute Gasteiger partial charge is 0.356 e. The van der Waals surface area contributed by atoms with Crippen LogP contribution < -0.4 is 4.90 Å². The first-order valence-electron chi connectivity index (χ1n) is 7.79. The maximum atomic E-state index is 6.15. The molecule has 0 bridgehead atoms. The van der Waals surface area contributed by atoms with Gasteiger partial charge < -0.3 is 4.90 Å². The van der Waals surface area contributed by atoms with Gasteiger partial charge in [0.15, 0.2) is 0 Å². The number of aromatic nitrogens is 2. The van der Waals surface area contributed by atoms with Gasteiger partial charge in [-0.25, -0.2) is 9.97 Å². The smallest absolute Gasteiger partial charge is 0.135 e. The third-order valence-corrected chi connectivity index (χ3v) is 5.06. The minimum atomic E-state index is 0.308. The van der Waals surface area contributed by atoms with Crippen LogP contribution in [-0.4, -0.2) is 23.1 Å². The fourth-order valence-electron chi connectivity index (χ4n) is 3.01. The van der Waals surface area contributed by atoms with Crippen molar-refractivity contribution in [2.24, 2.45) is 5.41 Å². The van der Waals surface area contributed by atoms with E-state index in [0.717, 1.165) is 24.7 Å². The van der Waals surface area contributed by atoms with E-state index in [9.17, 15) is 0 Å². The van der Waals surface area contributed by atoms with Crippen molar-refractivity contribution in [1.82, 2.24) is 9.97 Å². The fraction of sp³-hybridized carbons (Fsp3) is 0.750. The van der Waals surface area contributed by atoms with E-state index < -0.39 is 0 Å². The highest BCUT2D eigenvalue weighted by molar-refractivity contribution is 6.29. The van der Waals surface area contributed by atoms with Crippen LogP contribution in [0.1, 0.15) is 65.1 Å². The van der Waals surface area contributed by atoms with Gasteiger partial charge in [-0.2, -0.15) is 0 Å². The van der Waals surface area contributed by atoms with Gasteiger partial charge in [0.2, 0.25) is 0 Å². The average molecular weight is 296 g/mol. The van der Waals surface area contributed by atoms with Crippen LogP contribution in [0.25, 0.3) is 0 Å². The zero-order chi connectivity index (χ0) is 14.8. The van der Waals surface area contributed by atoms with Crippen LogP contribution in [0.4, 0.5) is 5.82 Å². The number of halogens is 1. The van der Waals surface area contributed by atoms with Crippen molar-refractivity contribution in [3.05, 3.63) is 17.0 Å². The van der Waals surface area contributed by atoms with Crippen LogP contribution in [0.2, 0.25) is 5.15 Å². The molecule has 2 rings (SSSR count). The summed E-state index contributed by atoms with van der Waals surface area (Å²) in [4.78, 5) is 11.4. The van der Waals surface area contributed by atoms with Crippen molar-refractivity contribution in [1.29, 1.82) is 0 Å². The van der Waals surface area contributed by atoms with Gasteiger partial charge in [0, 0.05) is 25.1 Å². The molecule has 1 aromatic rings. The molecule has 1 saturated heterocycles. The van der Waals surface area contributed by atoms with Gasteiger partial charge in [-0.3, -0.25) is 0 Å². The van der Waals surface area contributed by atoms with Crippen molar-refractivity contribution >= 4 is 17.4 Å². The van der Waals surface area contributed by atoms with Crippen molar-refractivity contribution in [2.45, 2.75) is 59.3 Å². The third-order valence-electron chi connectivity index (χ3n) is 4.86. The molecule has 1 fully saturated rings. The SMILES string of the molecule is CCC1(CC)CCN(c2cc(Cl)nc(C(C)C)n2)CC1. The molecular formula is C16H26ClN3. The van der Waals surface area contributed by atoms with Gasteiger partial charge in [0.05, 0.1) is 0 Å². The van der Waals surface area contributed by atoms with Crippen LogP contribution in [0.3, 0.4) is 0 Å². The maximum absolute atomic E-state index is 6.15. The molecule has 0 spiro atoms.